The number of hydrogen-bond acceptors (Lipinski definition) is 4. The van der Waals surface area contributed by atoms with Crippen LogP contribution < -0.4 is 0 Å². The molecule has 0 radical (unpaired) electrons. The molecule has 0 aliphatic carbocycles. The first-order valence-corrected chi connectivity index (χ1v) is 22.4. The summed E-state index contributed by atoms with van der Waals surface area (Å²) in [6, 6.07) is 78.2. The van der Waals surface area contributed by atoms with Crippen LogP contribution in [-0.2, 0) is 0 Å². The van der Waals surface area contributed by atoms with E-state index in [-0.39, 0.29) is 0 Å². The molecule has 3 aromatic heterocycles. The van der Waals surface area contributed by atoms with Gasteiger partial charge in [0, 0.05) is 53.2 Å². The lowest BCUT2D eigenvalue weighted by Gasteiger charge is -2.17. The molecule has 13 aromatic rings. The van der Waals surface area contributed by atoms with Crippen molar-refractivity contribution >= 4 is 74.9 Å². The number of fused-ring (bicyclic) bond motifs is 8. The van der Waals surface area contributed by atoms with Crippen molar-refractivity contribution in [2.24, 2.45) is 0 Å². The van der Waals surface area contributed by atoms with Crippen LogP contribution in [0.4, 0.5) is 0 Å². The summed E-state index contributed by atoms with van der Waals surface area (Å²) in [5.74, 6) is 1.86. The van der Waals surface area contributed by atoms with Gasteiger partial charge >= 0.3 is 0 Å². The largest absolute Gasteiger partial charge is 0.309 e. The van der Waals surface area contributed by atoms with Gasteiger partial charge in [0.15, 0.2) is 17.5 Å². The highest BCUT2D eigenvalue weighted by atomic mass is 32.1. The van der Waals surface area contributed by atoms with E-state index in [0.29, 0.717) is 17.5 Å². The first-order chi connectivity index (χ1) is 31.7. The SMILES string of the molecule is c1ccc(-c2nc(-c3ccc(-c4cccc5c4sc4ccccc45)cc3)nc(-c3ccc(-c4ccccc4)c(-n4c5cc6ccccc6cc5c5cc6ccccc6cc54)c3)n2)cc1. The predicted octanol–water partition coefficient (Wildman–Crippen LogP) is 16.0. The Morgan fingerprint density at radius 1 is 0.312 bits per heavy atom. The molecule has 0 aliphatic heterocycles. The molecule has 0 fully saturated rings. The monoisotopic (exact) mass is 832 g/mol. The van der Waals surface area contributed by atoms with E-state index < -0.39 is 0 Å². The molecule has 5 heteroatoms. The third-order valence-corrected chi connectivity index (χ3v) is 13.8. The van der Waals surface area contributed by atoms with Gasteiger partial charge in [-0.2, -0.15) is 0 Å². The van der Waals surface area contributed by atoms with Gasteiger partial charge in [-0.1, -0.05) is 182 Å². The highest BCUT2D eigenvalue weighted by Crippen LogP contribution is 2.42. The minimum Gasteiger partial charge on any atom is -0.309 e. The summed E-state index contributed by atoms with van der Waals surface area (Å²) in [4.78, 5) is 15.6. The minimum absolute atomic E-state index is 0.612. The summed E-state index contributed by atoms with van der Waals surface area (Å²) in [6.45, 7) is 0. The lowest BCUT2D eigenvalue weighted by molar-refractivity contribution is 1.07. The summed E-state index contributed by atoms with van der Waals surface area (Å²) >= 11 is 1.85. The molecular weight excluding hydrogens is 797 g/mol. The molecule has 0 spiro atoms. The zero-order chi connectivity index (χ0) is 42.1. The maximum atomic E-state index is 5.28. The van der Waals surface area contributed by atoms with E-state index in [0.717, 1.165) is 50.1 Å². The lowest BCUT2D eigenvalue weighted by atomic mass is 10.00. The van der Waals surface area contributed by atoms with Gasteiger partial charge in [0.05, 0.1) is 16.7 Å². The molecule has 0 unspecified atom stereocenters. The third kappa shape index (κ3) is 6.01. The first-order valence-electron chi connectivity index (χ1n) is 21.6. The highest BCUT2D eigenvalue weighted by molar-refractivity contribution is 7.26. The molecule has 4 nitrogen and oxygen atoms in total. The van der Waals surface area contributed by atoms with Crippen LogP contribution in [0.5, 0.6) is 0 Å². The van der Waals surface area contributed by atoms with E-state index >= 15 is 0 Å². The average Bonchev–Trinajstić information content (AvgIpc) is 3.90. The molecule has 0 saturated carbocycles. The Morgan fingerprint density at radius 2 is 0.781 bits per heavy atom. The average molecular weight is 833 g/mol. The van der Waals surface area contributed by atoms with Crippen LogP contribution >= 0.6 is 11.3 Å². The number of thiophene rings is 1. The standard InChI is InChI=1S/C59H36N4S/c1-3-14-37(15-4-1)46-31-30-45(36-52(46)63-53-34-43-20-9-7-18-41(43)32-50(53)51-33-42-19-8-10-21-44(42)35-54(51)63)59-61-57(39-16-5-2-6-17-39)60-58(62-59)40-28-26-38(27-29-40)47-23-13-24-49-48-22-11-12-25-55(48)64-56(47)49/h1-36H. The number of nitrogens with zero attached hydrogens (tertiary/aromatic N) is 4. The van der Waals surface area contributed by atoms with Gasteiger partial charge in [0.1, 0.15) is 0 Å². The lowest BCUT2D eigenvalue weighted by Crippen LogP contribution is -2.02. The van der Waals surface area contributed by atoms with Crippen molar-refractivity contribution in [1.82, 2.24) is 19.5 Å². The molecule has 10 aromatic carbocycles. The second-order valence-electron chi connectivity index (χ2n) is 16.4. The first kappa shape index (κ1) is 36.4. The number of aromatic nitrogens is 4. The van der Waals surface area contributed by atoms with Gasteiger partial charge in [-0.05, 0) is 74.6 Å². The van der Waals surface area contributed by atoms with Crippen LogP contribution in [0.3, 0.4) is 0 Å². The Bertz CT molecular complexity index is 3850. The van der Waals surface area contributed by atoms with E-state index in [1.165, 1.54) is 58.1 Å². The number of benzene rings is 10. The smallest absolute Gasteiger partial charge is 0.164 e. The van der Waals surface area contributed by atoms with Crippen LogP contribution in [-0.4, -0.2) is 19.5 Å². The van der Waals surface area contributed by atoms with Crippen molar-refractivity contribution in [1.29, 1.82) is 0 Å². The Balaban J connectivity index is 1.02. The molecule has 298 valence electrons. The Kier molecular flexibility index (Phi) is 8.36. The summed E-state index contributed by atoms with van der Waals surface area (Å²) in [7, 11) is 0. The van der Waals surface area contributed by atoms with E-state index in [4.69, 9.17) is 15.0 Å². The zero-order valence-corrected chi connectivity index (χ0v) is 35.3. The quantitative estimate of drug-likeness (QED) is 0.168. The molecule has 64 heavy (non-hydrogen) atoms. The van der Waals surface area contributed by atoms with Gasteiger partial charge in [-0.25, -0.2) is 15.0 Å². The van der Waals surface area contributed by atoms with Crippen molar-refractivity contribution in [2.75, 3.05) is 0 Å². The van der Waals surface area contributed by atoms with Crippen molar-refractivity contribution in [3.63, 3.8) is 0 Å². The van der Waals surface area contributed by atoms with Crippen LogP contribution in [0.1, 0.15) is 0 Å². The van der Waals surface area contributed by atoms with Crippen LogP contribution in [0, 0.1) is 0 Å². The van der Waals surface area contributed by atoms with E-state index in [1.54, 1.807) is 0 Å². The van der Waals surface area contributed by atoms with Crippen LogP contribution in [0.25, 0.3) is 126 Å². The summed E-state index contributed by atoms with van der Waals surface area (Å²) in [5.41, 5.74) is 10.7. The topological polar surface area (TPSA) is 43.6 Å². The van der Waals surface area contributed by atoms with Gasteiger partial charge in [-0.3, -0.25) is 0 Å². The number of rotatable bonds is 6. The molecule has 0 N–H and O–H groups in total. The molecule has 0 amide bonds. The molecule has 0 aliphatic rings. The van der Waals surface area contributed by atoms with Crippen LogP contribution in [0.15, 0.2) is 218 Å². The zero-order valence-electron chi connectivity index (χ0n) is 34.5. The van der Waals surface area contributed by atoms with Crippen molar-refractivity contribution in [3.05, 3.63) is 218 Å². The molecule has 3 heterocycles. The fraction of sp³-hybridized carbons (Fsp3) is 0. The second kappa shape index (κ2) is 14.7. The van der Waals surface area contributed by atoms with E-state index in [1.807, 2.05) is 29.5 Å². The highest BCUT2D eigenvalue weighted by Gasteiger charge is 2.21. The fourth-order valence-electron chi connectivity index (χ4n) is 9.49. The fourth-order valence-corrected chi connectivity index (χ4v) is 10.7. The van der Waals surface area contributed by atoms with E-state index in [2.05, 4.69) is 205 Å². The van der Waals surface area contributed by atoms with E-state index in [9.17, 15) is 0 Å². The summed E-state index contributed by atoms with van der Waals surface area (Å²) in [6.07, 6.45) is 0. The molecule has 13 rings (SSSR count). The normalized spacial score (nSPS) is 11.8. The van der Waals surface area contributed by atoms with Crippen molar-refractivity contribution < 1.29 is 0 Å². The predicted molar refractivity (Wildman–Crippen MR) is 269 cm³/mol. The maximum Gasteiger partial charge on any atom is 0.164 e. The molecular formula is C59H36N4S. The van der Waals surface area contributed by atoms with Crippen LogP contribution in [0.2, 0.25) is 0 Å². The van der Waals surface area contributed by atoms with Crippen molar-refractivity contribution in [3.8, 4) is 62.1 Å². The third-order valence-electron chi connectivity index (χ3n) is 12.6. The van der Waals surface area contributed by atoms with Gasteiger partial charge in [0.2, 0.25) is 0 Å². The molecule has 0 saturated heterocycles. The number of hydrogen-bond donors (Lipinski definition) is 0. The van der Waals surface area contributed by atoms with Crippen molar-refractivity contribution in [2.45, 2.75) is 0 Å². The molecule has 0 bridgehead atoms. The molecule has 0 atom stereocenters. The second-order valence-corrected chi connectivity index (χ2v) is 17.4. The maximum absolute atomic E-state index is 5.28. The Labute approximate surface area is 373 Å². The van der Waals surface area contributed by atoms with Gasteiger partial charge in [0.25, 0.3) is 0 Å². The summed E-state index contributed by atoms with van der Waals surface area (Å²) in [5, 5.41) is 9.84. The summed E-state index contributed by atoms with van der Waals surface area (Å²) < 4.78 is 5.04. The Hall–Kier alpha value is -8.25. The van der Waals surface area contributed by atoms with Gasteiger partial charge < -0.3 is 4.57 Å². The van der Waals surface area contributed by atoms with Gasteiger partial charge in [-0.15, -0.1) is 11.3 Å². The minimum atomic E-state index is 0.612. The Morgan fingerprint density at radius 3 is 1.42 bits per heavy atom.